The Morgan fingerprint density at radius 2 is 1.64 bits per heavy atom. The highest BCUT2D eigenvalue weighted by Crippen LogP contribution is 2.13. The maximum absolute atomic E-state index is 12.3. The van der Waals surface area contributed by atoms with Gasteiger partial charge in [0.2, 0.25) is 11.8 Å². The normalized spacial score (nSPS) is 11.3. The van der Waals surface area contributed by atoms with E-state index in [4.69, 9.17) is 5.73 Å². The number of carbonyl (C=O) groups is 2. The molecule has 6 heteroatoms. The van der Waals surface area contributed by atoms with Crippen LogP contribution < -0.4 is 5.73 Å². The smallest absolute Gasteiger partial charge is 0.244 e. The van der Waals surface area contributed by atoms with E-state index in [1.165, 1.54) is 4.90 Å². The van der Waals surface area contributed by atoms with E-state index in [1.807, 2.05) is 45.0 Å². The van der Waals surface area contributed by atoms with Crippen LogP contribution in [-0.2, 0) is 9.59 Å². The number of hydrogen-bond donors (Lipinski definition) is 1. The lowest BCUT2D eigenvalue weighted by Crippen LogP contribution is -2.43. The predicted molar refractivity (Wildman–Crippen MR) is 90.9 cm³/mol. The molecule has 0 saturated heterocycles. The molecule has 1 aromatic carbocycles. The van der Waals surface area contributed by atoms with E-state index in [1.54, 1.807) is 11.9 Å². The summed E-state index contributed by atoms with van der Waals surface area (Å²) in [5.74, 6) is -0.314. The Bertz CT molecular complexity index is 487. The van der Waals surface area contributed by atoms with Crippen LogP contribution in [0.5, 0.6) is 0 Å². The number of nitrogens with two attached hydrogens (primary N) is 1. The summed E-state index contributed by atoms with van der Waals surface area (Å²) in [7, 11) is 1.61. The number of halogens is 1. The highest BCUT2D eigenvalue weighted by molar-refractivity contribution is 5.88. The molecular weight excluding hydrogens is 302 g/mol. The fourth-order valence-corrected chi connectivity index (χ4v) is 2.11. The Hall–Kier alpha value is -1.59. The molecule has 0 radical (unpaired) electrons. The number of likely N-dealkylation sites (N-methyl/N-ethyl adjacent to an activating group) is 2. The van der Waals surface area contributed by atoms with Gasteiger partial charge in [0.05, 0.1) is 6.54 Å². The third-order valence-corrected chi connectivity index (χ3v) is 3.57. The molecule has 0 aromatic heterocycles. The number of aryl methyl sites for hydroxylation is 1. The Morgan fingerprint density at radius 3 is 2.09 bits per heavy atom. The van der Waals surface area contributed by atoms with Crippen molar-refractivity contribution in [3.8, 4) is 0 Å². The van der Waals surface area contributed by atoms with Gasteiger partial charge in [-0.3, -0.25) is 9.59 Å². The molecule has 0 fully saturated rings. The summed E-state index contributed by atoms with van der Waals surface area (Å²) >= 11 is 0. The molecule has 22 heavy (non-hydrogen) atoms. The van der Waals surface area contributed by atoms with Crippen LogP contribution in [0, 0.1) is 6.92 Å². The molecule has 0 spiro atoms. The third kappa shape index (κ3) is 5.31. The predicted octanol–water partition coefficient (Wildman–Crippen LogP) is 1.74. The van der Waals surface area contributed by atoms with Gasteiger partial charge >= 0.3 is 0 Å². The van der Waals surface area contributed by atoms with E-state index in [2.05, 4.69) is 0 Å². The molecule has 0 saturated carbocycles. The molecular formula is C16H26ClN3O2. The fraction of sp³-hybridized carbons (Fsp3) is 0.500. The molecule has 124 valence electrons. The zero-order valence-electron chi connectivity index (χ0n) is 13.7. The van der Waals surface area contributed by atoms with Gasteiger partial charge in [-0.1, -0.05) is 29.8 Å². The van der Waals surface area contributed by atoms with Crippen molar-refractivity contribution in [2.75, 3.05) is 26.7 Å². The maximum atomic E-state index is 12.3. The van der Waals surface area contributed by atoms with Crippen LogP contribution in [0.2, 0.25) is 0 Å². The Morgan fingerprint density at radius 1 is 1.14 bits per heavy atom. The van der Waals surface area contributed by atoms with Crippen LogP contribution in [0.1, 0.15) is 31.0 Å². The van der Waals surface area contributed by atoms with Gasteiger partial charge in [-0.25, -0.2) is 0 Å². The lowest BCUT2D eigenvalue weighted by Gasteiger charge is -2.25. The Balaban J connectivity index is 0.00000441. The molecule has 1 rings (SSSR count). The zero-order chi connectivity index (χ0) is 16.0. The number of rotatable bonds is 6. The van der Waals surface area contributed by atoms with Crippen LogP contribution in [-0.4, -0.2) is 48.3 Å². The van der Waals surface area contributed by atoms with Crippen molar-refractivity contribution in [2.24, 2.45) is 5.73 Å². The van der Waals surface area contributed by atoms with E-state index in [9.17, 15) is 9.59 Å². The molecule has 1 atom stereocenters. The van der Waals surface area contributed by atoms with Crippen molar-refractivity contribution < 1.29 is 9.59 Å². The monoisotopic (exact) mass is 327 g/mol. The SMILES string of the molecule is CCN(CC)C(=O)CN(C)C(=O)C(N)c1ccc(C)cc1.Cl. The number of benzene rings is 1. The van der Waals surface area contributed by atoms with Crippen molar-refractivity contribution in [1.82, 2.24) is 9.80 Å². The zero-order valence-corrected chi connectivity index (χ0v) is 14.5. The summed E-state index contributed by atoms with van der Waals surface area (Å²) in [6.45, 7) is 7.15. The minimum atomic E-state index is -0.736. The first-order valence-corrected chi connectivity index (χ1v) is 7.25. The van der Waals surface area contributed by atoms with Crippen LogP contribution >= 0.6 is 12.4 Å². The standard InChI is InChI=1S/C16H25N3O2.ClH/c1-5-19(6-2)14(20)11-18(4)16(21)15(17)13-9-7-12(3)8-10-13;/h7-10,15H,5-6,11,17H2,1-4H3;1H. The molecule has 2 N–H and O–H groups in total. The number of carbonyl (C=O) groups excluding carboxylic acids is 2. The van der Waals surface area contributed by atoms with Gasteiger partial charge in [-0.05, 0) is 26.3 Å². The van der Waals surface area contributed by atoms with Crippen LogP contribution in [0.25, 0.3) is 0 Å². The molecule has 0 aliphatic rings. The first kappa shape index (κ1) is 20.4. The molecule has 5 nitrogen and oxygen atoms in total. The first-order valence-electron chi connectivity index (χ1n) is 7.25. The van der Waals surface area contributed by atoms with E-state index >= 15 is 0 Å². The summed E-state index contributed by atoms with van der Waals surface area (Å²) in [5.41, 5.74) is 7.86. The van der Waals surface area contributed by atoms with Gasteiger partial charge in [-0.2, -0.15) is 0 Å². The molecule has 0 aliphatic carbocycles. The largest absolute Gasteiger partial charge is 0.342 e. The molecule has 0 heterocycles. The second-order valence-corrected chi connectivity index (χ2v) is 5.15. The van der Waals surface area contributed by atoms with Gasteiger partial charge in [0.15, 0.2) is 0 Å². The van der Waals surface area contributed by atoms with Crippen molar-refractivity contribution >= 4 is 24.2 Å². The van der Waals surface area contributed by atoms with Crippen LogP contribution in [0.15, 0.2) is 24.3 Å². The van der Waals surface area contributed by atoms with Gasteiger partial charge in [0.1, 0.15) is 6.04 Å². The first-order chi connectivity index (χ1) is 9.90. The summed E-state index contributed by atoms with van der Waals surface area (Å²) < 4.78 is 0. The van der Waals surface area contributed by atoms with E-state index < -0.39 is 6.04 Å². The van der Waals surface area contributed by atoms with Crippen molar-refractivity contribution in [1.29, 1.82) is 0 Å². The molecule has 1 aromatic rings. The summed E-state index contributed by atoms with van der Waals surface area (Å²) in [6.07, 6.45) is 0. The fourth-order valence-electron chi connectivity index (χ4n) is 2.11. The van der Waals surface area contributed by atoms with Gasteiger partial charge in [0, 0.05) is 20.1 Å². The van der Waals surface area contributed by atoms with E-state index in [0.717, 1.165) is 11.1 Å². The highest BCUT2D eigenvalue weighted by Gasteiger charge is 2.22. The van der Waals surface area contributed by atoms with Gasteiger partial charge < -0.3 is 15.5 Å². The second kappa shape index (κ2) is 9.43. The molecule has 0 bridgehead atoms. The van der Waals surface area contributed by atoms with Crippen molar-refractivity contribution in [3.63, 3.8) is 0 Å². The summed E-state index contributed by atoms with van der Waals surface area (Å²) in [5, 5.41) is 0. The number of nitrogens with zero attached hydrogens (tertiary/aromatic N) is 2. The Kier molecular flexibility index (Phi) is 8.75. The molecule has 1 unspecified atom stereocenters. The van der Waals surface area contributed by atoms with Crippen LogP contribution in [0.3, 0.4) is 0 Å². The second-order valence-electron chi connectivity index (χ2n) is 5.15. The minimum Gasteiger partial charge on any atom is -0.342 e. The third-order valence-electron chi connectivity index (χ3n) is 3.57. The van der Waals surface area contributed by atoms with Crippen molar-refractivity contribution in [2.45, 2.75) is 26.8 Å². The number of hydrogen-bond acceptors (Lipinski definition) is 3. The van der Waals surface area contributed by atoms with Crippen molar-refractivity contribution in [3.05, 3.63) is 35.4 Å². The Labute approximate surface area is 138 Å². The topological polar surface area (TPSA) is 66.6 Å². The quantitative estimate of drug-likeness (QED) is 0.865. The maximum Gasteiger partial charge on any atom is 0.244 e. The van der Waals surface area contributed by atoms with Gasteiger partial charge in [-0.15, -0.1) is 12.4 Å². The van der Waals surface area contributed by atoms with E-state index in [-0.39, 0.29) is 30.8 Å². The molecule has 2 amide bonds. The average molecular weight is 328 g/mol. The van der Waals surface area contributed by atoms with Crippen LogP contribution in [0.4, 0.5) is 0 Å². The highest BCUT2D eigenvalue weighted by atomic mass is 35.5. The minimum absolute atomic E-state index is 0. The van der Waals surface area contributed by atoms with Gasteiger partial charge in [0.25, 0.3) is 0 Å². The lowest BCUT2D eigenvalue weighted by molar-refractivity contribution is -0.140. The average Bonchev–Trinajstić information content (AvgIpc) is 2.47. The summed E-state index contributed by atoms with van der Waals surface area (Å²) in [6, 6.07) is 6.79. The number of amides is 2. The van der Waals surface area contributed by atoms with E-state index in [0.29, 0.717) is 13.1 Å². The molecule has 0 aliphatic heterocycles. The summed E-state index contributed by atoms with van der Waals surface area (Å²) in [4.78, 5) is 27.4. The lowest BCUT2D eigenvalue weighted by atomic mass is 10.0.